The SMILES string of the molecule is CCC(=O)N1CCN(c2nc3c(s2)C[C@H](C(=O)Nc2ccc(C)c(Cl)c2)CC3)CC1. The van der Waals surface area contributed by atoms with Gasteiger partial charge in [-0.1, -0.05) is 24.6 Å². The van der Waals surface area contributed by atoms with Crippen molar-refractivity contribution in [3.05, 3.63) is 39.4 Å². The van der Waals surface area contributed by atoms with E-state index in [1.54, 1.807) is 17.4 Å². The second-order valence-electron chi connectivity index (χ2n) is 7.98. The molecule has 4 rings (SSSR count). The smallest absolute Gasteiger partial charge is 0.227 e. The highest BCUT2D eigenvalue weighted by molar-refractivity contribution is 7.15. The first-order valence-corrected chi connectivity index (χ1v) is 11.7. The number of nitrogens with zero attached hydrogens (tertiary/aromatic N) is 3. The maximum absolute atomic E-state index is 12.8. The number of aromatic nitrogens is 1. The number of piperazine rings is 1. The zero-order valence-corrected chi connectivity index (χ0v) is 19.0. The minimum atomic E-state index is -0.0510. The molecule has 0 bridgehead atoms. The van der Waals surface area contributed by atoms with Gasteiger partial charge >= 0.3 is 0 Å². The molecular weight excluding hydrogens is 420 g/mol. The lowest BCUT2D eigenvalue weighted by molar-refractivity contribution is -0.131. The highest BCUT2D eigenvalue weighted by Gasteiger charge is 2.29. The van der Waals surface area contributed by atoms with Crippen molar-refractivity contribution in [2.45, 2.75) is 39.5 Å². The summed E-state index contributed by atoms with van der Waals surface area (Å²) in [5, 5.41) is 4.70. The van der Waals surface area contributed by atoms with Gasteiger partial charge in [-0.3, -0.25) is 9.59 Å². The highest BCUT2D eigenvalue weighted by Crippen LogP contribution is 2.35. The van der Waals surface area contributed by atoms with Crippen molar-refractivity contribution in [1.29, 1.82) is 0 Å². The number of carbonyl (C=O) groups excluding carboxylic acids is 2. The van der Waals surface area contributed by atoms with Gasteiger partial charge in [0, 0.05) is 54.1 Å². The molecule has 0 spiro atoms. The normalized spacial score (nSPS) is 18.8. The number of anilines is 2. The maximum atomic E-state index is 12.8. The van der Waals surface area contributed by atoms with Crippen molar-refractivity contribution in [1.82, 2.24) is 9.88 Å². The van der Waals surface area contributed by atoms with Crippen LogP contribution in [0.4, 0.5) is 10.8 Å². The van der Waals surface area contributed by atoms with E-state index in [0.717, 1.165) is 67.5 Å². The summed E-state index contributed by atoms with van der Waals surface area (Å²) in [7, 11) is 0. The number of fused-ring (bicyclic) bond motifs is 1. The van der Waals surface area contributed by atoms with Crippen LogP contribution in [0.2, 0.25) is 5.02 Å². The van der Waals surface area contributed by atoms with Crippen LogP contribution >= 0.6 is 22.9 Å². The van der Waals surface area contributed by atoms with Crippen molar-refractivity contribution < 1.29 is 9.59 Å². The second-order valence-corrected chi connectivity index (χ2v) is 9.45. The number of hydrogen-bond donors (Lipinski definition) is 1. The molecule has 0 saturated carbocycles. The van der Waals surface area contributed by atoms with Gasteiger partial charge in [-0.15, -0.1) is 11.3 Å². The maximum Gasteiger partial charge on any atom is 0.227 e. The fourth-order valence-electron chi connectivity index (χ4n) is 4.01. The van der Waals surface area contributed by atoms with Crippen LogP contribution in [-0.4, -0.2) is 47.9 Å². The van der Waals surface area contributed by atoms with Crippen molar-refractivity contribution in [2.24, 2.45) is 5.92 Å². The van der Waals surface area contributed by atoms with Crippen molar-refractivity contribution in [3.63, 3.8) is 0 Å². The van der Waals surface area contributed by atoms with Crippen LogP contribution in [0, 0.1) is 12.8 Å². The van der Waals surface area contributed by atoms with Crippen LogP contribution in [0.15, 0.2) is 18.2 Å². The number of thiazole rings is 1. The summed E-state index contributed by atoms with van der Waals surface area (Å²) >= 11 is 7.88. The van der Waals surface area contributed by atoms with Gasteiger partial charge in [0.15, 0.2) is 5.13 Å². The first-order valence-electron chi connectivity index (χ1n) is 10.5. The molecule has 1 fully saturated rings. The first kappa shape index (κ1) is 21.1. The predicted molar refractivity (Wildman–Crippen MR) is 122 cm³/mol. The molecule has 2 heterocycles. The number of halogens is 1. The molecule has 1 saturated heterocycles. The van der Waals surface area contributed by atoms with E-state index in [4.69, 9.17) is 16.6 Å². The zero-order valence-electron chi connectivity index (χ0n) is 17.4. The van der Waals surface area contributed by atoms with Gasteiger partial charge < -0.3 is 15.1 Å². The van der Waals surface area contributed by atoms with E-state index in [0.29, 0.717) is 11.4 Å². The molecule has 2 amide bonds. The van der Waals surface area contributed by atoms with E-state index >= 15 is 0 Å². The minimum Gasteiger partial charge on any atom is -0.345 e. The molecule has 30 heavy (non-hydrogen) atoms. The summed E-state index contributed by atoms with van der Waals surface area (Å²) in [5.74, 6) is 0.212. The van der Waals surface area contributed by atoms with Gasteiger partial charge in [0.25, 0.3) is 0 Å². The average molecular weight is 447 g/mol. The van der Waals surface area contributed by atoms with E-state index in [-0.39, 0.29) is 17.7 Å². The molecule has 0 unspecified atom stereocenters. The fraction of sp³-hybridized carbons (Fsp3) is 0.500. The lowest BCUT2D eigenvalue weighted by Crippen LogP contribution is -2.48. The van der Waals surface area contributed by atoms with Crippen LogP contribution in [0.25, 0.3) is 0 Å². The first-order chi connectivity index (χ1) is 14.4. The lowest BCUT2D eigenvalue weighted by atomic mass is 9.90. The molecule has 2 aromatic rings. The highest BCUT2D eigenvalue weighted by atomic mass is 35.5. The summed E-state index contributed by atoms with van der Waals surface area (Å²) in [6.45, 7) is 6.98. The molecule has 1 aliphatic heterocycles. The quantitative estimate of drug-likeness (QED) is 0.773. The molecule has 1 N–H and O–H groups in total. The lowest BCUT2D eigenvalue weighted by Gasteiger charge is -2.34. The minimum absolute atomic E-state index is 0.0437. The van der Waals surface area contributed by atoms with E-state index in [9.17, 15) is 9.59 Å². The van der Waals surface area contributed by atoms with Gasteiger partial charge in [0.05, 0.1) is 5.69 Å². The van der Waals surface area contributed by atoms with E-state index < -0.39 is 0 Å². The number of nitrogens with one attached hydrogen (secondary N) is 1. The van der Waals surface area contributed by atoms with Gasteiger partial charge in [-0.05, 0) is 43.9 Å². The fourth-order valence-corrected chi connectivity index (χ4v) is 5.42. The van der Waals surface area contributed by atoms with E-state index in [1.165, 1.54) is 4.88 Å². The molecule has 1 aliphatic carbocycles. The Morgan fingerprint density at radius 1 is 1.27 bits per heavy atom. The molecule has 8 heteroatoms. The molecule has 2 aliphatic rings. The Kier molecular flexibility index (Phi) is 6.29. The number of hydrogen-bond acceptors (Lipinski definition) is 5. The Labute approximate surface area is 186 Å². The summed E-state index contributed by atoms with van der Waals surface area (Å²) < 4.78 is 0. The molecule has 1 aromatic carbocycles. The Morgan fingerprint density at radius 3 is 2.73 bits per heavy atom. The van der Waals surface area contributed by atoms with Crippen LogP contribution < -0.4 is 10.2 Å². The zero-order chi connectivity index (χ0) is 21.3. The van der Waals surface area contributed by atoms with Crippen molar-refractivity contribution in [3.8, 4) is 0 Å². The van der Waals surface area contributed by atoms with Crippen LogP contribution in [0.3, 0.4) is 0 Å². The molecule has 160 valence electrons. The third-order valence-electron chi connectivity index (χ3n) is 5.94. The van der Waals surface area contributed by atoms with Gasteiger partial charge in [0.1, 0.15) is 0 Å². The number of carbonyl (C=O) groups is 2. The Hall–Kier alpha value is -2.12. The summed E-state index contributed by atoms with van der Waals surface area (Å²) in [5.41, 5.74) is 2.87. The van der Waals surface area contributed by atoms with Crippen LogP contribution in [-0.2, 0) is 22.4 Å². The molecular formula is C22H27ClN4O2S. The largest absolute Gasteiger partial charge is 0.345 e. The molecule has 1 aromatic heterocycles. The average Bonchev–Trinajstić information content (AvgIpc) is 3.19. The van der Waals surface area contributed by atoms with Gasteiger partial charge in [-0.25, -0.2) is 4.98 Å². The van der Waals surface area contributed by atoms with E-state index in [1.807, 2.05) is 30.9 Å². The third kappa shape index (κ3) is 4.47. The van der Waals surface area contributed by atoms with E-state index in [2.05, 4.69) is 10.2 Å². The second kappa shape index (κ2) is 8.94. The topological polar surface area (TPSA) is 65.5 Å². The predicted octanol–water partition coefficient (Wildman–Crippen LogP) is 3.91. The molecule has 0 radical (unpaired) electrons. The number of benzene rings is 1. The van der Waals surface area contributed by atoms with Crippen molar-refractivity contribution >= 4 is 45.6 Å². The number of aryl methyl sites for hydroxylation is 2. The Bertz CT molecular complexity index is 953. The van der Waals surface area contributed by atoms with Gasteiger partial charge in [0.2, 0.25) is 11.8 Å². The summed E-state index contributed by atoms with van der Waals surface area (Å²) in [6, 6.07) is 5.61. The summed E-state index contributed by atoms with van der Waals surface area (Å²) in [4.78, 5) is 34.9. The number of amides is 2. The summed E-state index contributed by atoms with van der Waals surface area (Å²) in [6.07, 6.45) is 2.92. The van der Waals surface area contributed by atoms with Crippen LogP contribution in [0.5, 0.6) is 0 Å². The third-order valence-corrected chi connectivity index (χ3v) is 7.53. The van der Waals surface area contributed by atoms with Crippen molar-refractivity contribution in [2.75, 3.05) is 36.4 Å². The molecule has 1 atom stereocenters. The Balaban J connectivity index is 1.37. The standard InChI is InChI=1S/C22H27ClN4O2S/c1-3-20(28)26-8-10-27(11-9-26)22-25-18-7-5-15(12-19(18)30-22)21(29)24-16-6-4-14(2)17(23)13-16/h4,6,13,15H,3,5,7-12H2,1-2H3,(H,24,29)/t15-/m1/s1. The monoisotopic (exact) mass is 446 g/mol. The van der Waals surface area contributed by atoms with Crippen LogP contribution in [0.1, 0.15) is 35.9 Å². The Morgan fingerprint density at radius 2 is 2.03 bits per heavy atom. The molecule has 6 nitrogen and oxygen atoms in total. The van der Waals surface area contributed by atoms with Gasteiger partial charge in [-0.2, -0.15) is 0 Å². The number of rotatable bonds is 4.